The summed E-state index contributed by atoms with van der Waals surface area (Å²) < 4.78 is 0. The first-order valence-electron chi connectivity index (χ1n) is 6.03. The maximum atomic E-state index is 11.2. The number of unbranched alkanes of at least 4 members (excludes halogenated alkanes) is 1. The van der Waals surface area contributed by atoms with Crippen molar-refractivity contribution >= 4 is 11.6 Å². The van der Waals surface area contributed by atoms with E-state index in [9.17, 15) is 4.79 Å². The van der Waals surface area contributed by atoms with E-state index in [1.165, 1.54) is 5.56 Å². The molecule has 0 saturated carbocycles. The van der Waals surface area contributed by atoms with Crippen molar-refractivity contribution < 1.29 is 9.90 Å². The predicted octanol–water partition coefficient (Wildman–Crippen LogP) is 1.04. The maximum Gasteiger partial charge on any atom is 0.228 e. The Labute approximate surface area is 101 Å². The number of hydrogen-bond acceptors (Lipinski definition) is 3. The van der Waals surface area contributed by atoms with Gasteiger partial charge in [0.25, 0.3) is 0 Å². The molecule has 0 spiro atoms. The fraction of sp³-hybridized carbons (Fsp3) is 0.462. The number of benzene rings is 1. The third-order valence-electron chi connectivity index (χ3n) is 2.89. The van der Waals surface area contributed by atoms with Crippen LogP contribution in [0, 0.1) is 0 Å². The molecule has 0 aromatic heterocycles. The van der Waals surface area contributed by atoms with Crippen molar-refractivity contribution in [3.63, 3.8) is 0 Å². The van der Waals surface area contributed by atoms with Crippen LogP contribution in [0.5, 0.6) is 0 Å². The van der Waals surface area contributed by atoms with Crippen LogP contribution in [0.2, 0.25) is 0 Å². The highest BCUT2D eigenvalue weighted by Gasteiger charge is 2.16. The Hall–Kier alpha value is -1.39. The average Bonchev–Trinajstić information content (AvgIpc) is 2.68. The van der Waals surface area contributed by atoms with Gasteiger partial charge in [0.05, 0.1) is 6.42 Å². The summed E-state index contributed by atoms with van der Waals surface area (Å²) in [5, 5.41) is 14.8. The largest absolute Gasteiger partial charge is 0.396 e. The van der Waals surface area contributed by atoms with Gasteiger partial charge < -0.3 is 15.7 Å². The number of carbonyl (C=O) groups excluding carboxylic acids is 1. The van der Waals surface area contributed by atoms with E-state index in [-0.39, 0.29) is 12.5 Å². The predicted molar refractivity (Wildman–Crippen MR) is 66.8 cm³/mol. The van der Waals surface area contributed by atoms with E-state index in [2.05, 4.69) is 16.7 Å². The van der Waals surface area contributed by atoms with E-state index in [1.807, 2.05) is 12.1 Å². The third kappa shape index (κ3) is 3.28. The van der Waals surface area contributed by atoms with Gasteiger partial charge in [-0.3, -0.25) is 4.79 Å². The Morgan fingerprint density at radius 1 is 1.35 bits per heavy atom. The Kier molecular flexibility index (Phi) is 4.12. The maximum absolute atomic E-state index is 11.2. The molecule has 1 aliphatic heterocycles. The normalized spacial score (nSPS) is 13.6. The van der Waals surface area contributed by atoms with E-state index in [4.69, 9.17) is 5.11 Å². The zero-order chi connectivity index (χ0) is 12.1. The summed E-state index contributed by atoms with van der Waals surface area (Å²) in [5.74, 6) is 0.0769. The molecule has 0 aliphatic carbocycles. The molecule has 4 nitrogen and oxygen atoms in total. The van der Waals surface area contributed by atoms with Gasteiger partial charge in [-0.05, 0) is 36.6 Å². The lowest BCUT2D eigenvalue weighted by Crippen LogP contribution is -2.15. The van der Waals surface area contributed by atoms with Crippen molar-refractivity contribution in [2.24, 2.45) is 0 Å². The molecule has 1 aromatic carbocycles. The lowest BCUT2D eigenvalue weighted by Gasteiger charge is -2.06. The molecule has 0 atom stereocenters. The van der Waals surface area contributed by atoms with Gasteiger partial charge in [0.2, 0.25) is 5.91 Å². The summed E-state index contributed by atoms with van der Waals surface area (Å²) in [5.41, 5.74) is 3.23. The van der Waals surface area contributed by atoms with Crippen LogP contribution < -0.4 is 10.6 Å². The van der Waals surface area contributed by atoms with E-state index in [0.29, 0.717) is 6.42 Å². The fourth-order valence-corrected chi connectivity index (χ4v) is 1.99. The molecule has 1 amide bonds. The first kappa shape index (κ1) is 12.1. The lowest BCUT2D eigenvalue weighted by molar-refractivity contribution is -0.115. The summed E-state index contributed by atoms with van der Waals surface area (Å²) in [6, 6.07) is 6.07. The van der Waals surface area contributed by atoms with Gasteiger partial charge in [0, 0.05) is 18.8 Å². The number of aliphatic hydroxyl groups excluding tert-OH is 1. The SMILES string of the molecule is O=C1Cc2cc(CNCCCCO)ccc2N1. The molecule has 1 aromatic rings. The molecule has 2 rings (SSSR count). The van der Waals surface area contributed by atoms with Crippen LogP contribution in [0.15, 0.2) is 18.2 Å². The van der Waals surface area contributed by atoms with E-state index >= 15 is 0 Å². The Morgan fingerprint density at radius 2 is 2.24 bits per heavy atom. The van der Waals surface area contributed by atoms with Gasteiger partial charge in [0.15, 0.2) is 0 Å². The molecule has 0 saturated heterocycles. The number of nitrogens with one attached hydrogen (secondary N) is 2. The topological polar surface area (TPSA) is 61.4 Å². The van der Waals surface area contributed by atoms with Crippen molar-refractivity contribution in [1.82, 2.24) is 5.32 Å². The molecule has 3 N–H and O–H groups in total. The smallest absolute Gasteiger partial charge is 0.228 e. The second kappa shape index (κ2) is 5.80. The number of hydrogen-bond donors (Lipinski definition) is 3. The molecule has 17 heavy (non-hydrogen) atoms. The van der Waals surface area contributed by atoms with Crippen LogP contribution in [-0.4, -0.2) is 24.2 Å². The fourth-order valence-electron chi connectivity index (χ4n) is 1.99. The van der Waals surface area contributed by atoms with Gasteiger partial charge in [-0.1, -0.05) is 12.1 Å². The highest BCUT2D eigenvalue weighted by atomic mass is 16.2. The first-order chi connectivity index (χ1) is 8.29. The second-order valence-electron chi connectivity index (χ2n) is 4.32. The lowest BCUT2D eigenvalue weighted by atomic mass is 10.1. The summed E-state index contributed by atoms with van der Waals surface area (Å²) in [4.78, 5) is 11.2. The Morgan fingerprint density at radius 3 is 3.06 bits per heavy atom. The summed E-state index contributed by atoms with van der Waals surface area (Å²) >= 11 is 0. The molecular weight excluding hydrogens is 216 g/mol. The molecule has 0 bridgehead atoms. The van der Waals surface area contributed by atoms with Gasteiger partial charge in [0.1, 0.15) is 0 Å². The van der Waals surface area contributed by atoms with Crippen LogP contribution in [0.4, 0.5) is 5.69 Å². The minimum absolute atomic E-state index is 0.0769. The Balaban J connectivity index is 1.82. The minimum Gasteiger partial charge on any atom is -0.396 e. The zero-order valence-corrected chi connectivity index (χ0v) is 9.83. The van der Waals surface area contributed by atoms with Gasteiger partial charge in [-0.15, -0.1) is 0 Å². The average molecular weight is 234 g/mol. The quantitative estimate of drug-likeness (QED) is 0.645. The molecule has 0 unspecified atom stereocenters. The van der Waals surface area contributed by atoms with E-state index < -0.39 is 0 Å². The summed E-state index contributed by atoms with van der Waals surface area (Å²) in [6.07, 6.45) is 2.32. The number of carbonyl (C=O) groups is 1. The monoisotopic (exact) mass is 234 g/mol. The number of rotatable bonds is 6. The standard InChI is InChI=1S/C13H18N2O2/c16-6-2-1-5-14-9-10-3-4-12-11(7-10)8-13(17)15-12/h3-4,7,14,16H,1-2,5-6,8-9H2,(H,15,17). The van der Waals surface area contributed by atoms with E-state index in [1.54, 1.807) is 0 Å². The van der Waals surface area contributed by atoms with Gasteiger partial charge >= 0.3 is 0 Å². The van der Waals surface area contributed by atoms with Crippen LogP contribution in [-0.2, 0) is 17.8 Å². The minimum atomic E-state index is 0.0769. The van der Waals surface area contributed by atoms with Crippen LogP contribution in [0.25, 0.3) is 0 Å². The third-order valence-corrected chi connectivity index (χ3v) is 2.89. The van der Waals surface area contributed by atoms with Crippen molar-refractivity contribution in [3.8, 4) is 0 Å². The number of amides is 1. The van der Waals surface area contributed by atoms with E-state index in [0.717, 1.165) is 37.2 Å². The van der Waals surface area contributed by atoms with Crippen molar-refractivity contribution in [2.45, 2.75) is 25.8 Å². The highest BCUT2D eigenvalue weighted by Crippen LogP contribution is 2.23. The molecule has 4 heteroatoms. The zero-order valence-electron chi connectivity index (χ0n) is 9.83. The molecule has 92 valence electrons. The first-order valence-corrected chi connectivity index (χ1v) is 6.03. The van der Waals surface area contributed by atoms with Crippen LogP contribution >= 0.6 is 0 Å². The van der Waals surface area contributed by atoms with Crippen molar-refractivity contribution in [1.29, 1.82) is 0 Å². The highest BCUT2D eigenvalue weighted by molar-refractivity contribution is 5.99. The molecule has 1 aliphatic rings. The molecule has 0 fully saturated rings. The van der Waals surface area contributed by atoms with Crippen molar-refractivity contribution in [3.05, 3.63) is 29.3 Å². The second-order valence-corrected chi connectivity index (χ2v) is 4.32. The summed E-state index contributed by atoms with van der Waals surface area (Å²) in [6.45, 7) is 1.98. The van der Waals surface area contributed by atoms with Crippen LogP contribution in [0.3, 0.4) is 0 Å². The number of fused-ring (bicyclic) bond motifs is 1. The van der Waals surface area contributed by atoms with Gasteiger partial charge in [-0.2, -0.15) is 0 Å². The molecular formula is C13H18N2O2. The van der Waals surface area contributed by atoms with Gasteiger partial charge in [-0.25, -0.2) is 0 Å². The van der Waals surface area contributed by atoms with Crippen molar-refractivity contribution in [2.75, 3.05) is 18.5 Å². The number of aliphatic hydroxyl groups is 1. The Bertz CT molecular complexity index is 404. The summed E-state index contributed by atoms with van der Waals surface area (Å²) in [7, 11) is 0. The van der Waals surface area contributed by atoms with Crippen LogP contribution in [0.1, 0.15) is 24.0 Å². The molecule has 0 radical (unpaired) electrons. The molecule has 1 heterocycles. The number of anilines is 1.